The van der Waals surface area contributed by atoms with Gasteiger partial charge in [-0.05, 0) is 44.5 Å². The van der Waals surface area contributed by atoms with Crippen molar-refractivity contribution in [2.45, 2.75) is 24.2 Å². The molecule has 140 valence electrons. The third-order valence-electron chi connectivity index (χ3n) is 7.16. The van der Waals surface area contributed by atoms with Crippen LogP contribution < -0.4 is 0 Å². The van der Waals surface area contributed by atoms with E-state index >= 15 is 0 Å². The molecular formula is C28H24Si. The van der Waals surface area contributed by atoms with Crippen LogP contribution in [0, 0.1) is 0 Å². The molecule has 2 aliphatic carbocycles. The summed E-state index contributed by atoms with van der Waals surface area (Å²) in [5.74, 6) is 0. The Morgan fingerprint density at radius 2 is 0.655 bits per heavy atom. The Labute approximate surface area is 173 Å². The fourth-order valence-corrected chi connectivity index (χ4v) is 10.6. The van der Waals surface area contributed by atoms with Gasteiger partial charge in [-0.25, -0.2) is 0 Å². The van der Waals surface area contributed by atoms with Gasteiger partial charge in [-0.3, -0.25) is 0 Å². The van der Waals surface area contributed by atoms with Gasteiger partial charge < -0.3 is 0 Å². The molecule has 0 saturated carbocycles. The molecule has 1 heteroatoms. The van der Waals surface area contributed by atoms with E-state index in [9.17, 15) is 0 Å². The molecule has 0 heterocycles. The van der Waals surface area contributed by atoms with Crippen LogP contribution in [0.4, 0.5) is 0 Å². The van der Waals surface area contributed by atoms with Crippen LogP contribution in [-0.2, 0) is 0 Å². The average molecular weight is 389 g/mol. The first-order valence-corrected chi connectivity index (χ1v) is 13.7. The second-order valence-corrected chi connectivity index (χ2v) is 13.8. The van der Waals surface area contributed by atoms with E-state index in [1.807, 2.05) is 0 Å². The quantitative estimate of drug-likeness (QED) is 0.314. The van der Waals surface area contributed by atoms with Crippen LogP contribution >= 0.6 is 0 Å². The number of rotatable bonds is 2. The van der Waals surface area contributed by atoms with Crippen LogP contribution in [0.3, 0.4) is 0 Å². The van der Waals surface area contributed by atoms with Crippen molar-refractivity contribution in [2.75, 3.05) is 0 Å². The molecule has 0 amide bonds. The lowest BCUT2D eigenvalue weighted by atomic mass is 10.1. The van der Waals surface area contributed by atoms with Gasteiger partial charge in [0.1, 0.15) is 0 Å². The minimum Gasteiger partial charge on any atom is -0.0679 e. The molecule has 0 aliphatic heterocycles. The van der Waals surface area contributed by atoms with Gasteiger partial charge in [0.15, 0.2) is 0 Å². The number of hydrogen-bond donors (Lipinski definition) is 0. The zero-order chi connectivity index (χ0) is 19.6. The average Bonchev–Trinajstić information content (AvgIpc) is 3.28. The summed E-state index contributed by atoms with van der Waals surface area (Å²) in [5.41, 5.74) is 12.9. The van der Waals surface area contributed by atoms with Gasteiger partial charge in [0.05, 0.1) is 8.07 Å². The van der Waals surface area contributed by atoms with Crippen LogP contribution in [0.2, 0.25) is 13.1 Å². The molecule has 4 aromatic carbocycles. The molecule has 0 N–H and O–H groups in total. The first-order valence-electron chi connectivity index (χ1n) is 10.5. The topological polar surface area (TPSA) is 0 Å². The van der Waals surface area contributed by atoms with Crippen LogP contribution in [-0.4, -0.2) is 8.07 Å². The Morgan fingerprint density at radius 1 is 0.414 bits per heavy atom. The molecule has 0 unspecified atom stereocenters. The Hall–Kier alpha value is -2.90. The summed E-state index contributed by atoms with van der Waals surface area (Å²) in [7, 11) is -1.84. The number of benzene rings is 4. The van der Waals surface area contributed by atoms with Crippen molar-refractivity contribution in [2.24, 2.45) is 0 Å². The monoisotopic (exact) mass is 388 g/mol. The van der Waals surface area contributed by atoms with Crippen molar-refractivity contribution in [3.8, 4) is 22.3 Å². The van der Waals surface area contributed by atoms with Crippen LogP contribution in [0.15, 0.2) is 97.1 Å². The second-order valence-electron chi connectivity index (χ2n) is 9.04. The maximum absolute atomic E-state index is 2.61. The van der Waals surface area contributed by atoms with Crippen molar-refractivity contribution in [1.29, 1.82) is 0 Å². The maximum Gasteiger partial charge on any atom is 0.0731 e. The van der Waals surface area contributed by atoms with E-state index in [1.54, 1.807) is 0 Å². The van der Waals surface area contributed by atoms with E-state index in [1.165, 1.54) is 44.5 Å². The van der Waals surface area contributed by atoms with Gasteiger partial charge in [-0.15, -0.1) is 0 Å². The van der Waals surface area contributed by atoms with E-state index in [4.69, 9.17) is 0 Å². The third-order valence-corrected chi connectivity index (χ3v) is 11.4. The van der Waals surface area contributed by atoms with Crippen molar-refractivity contribution in [3.05, 3.63) is 119 Å². The van der Waals surface area contributed by atoms with Gasteiger partial charge in [-0.2, -0.15) is 0 Å². The predicted octanol–water partition coefficient (Wildman–Crippen LogP) is 7.40. The Balaban J connectivity index is 1.61. The SMILES string of the molecule is C[Si](C)(C1c2ccccc2-c2ccccc21)C1c2ccccc2-c2ccccc21. The highest BCUT2D eigenvalue weighted by Gasteiger charge is 2.49. The maximum atomic E-state index is 2.61. The first kappa shape index (κ1) is 17.0. The molecule has 29 heavy (non-hydrogen) atoms. The molecule has 0 radical (unpaired) electrons. The van der Waals surface area contributed by atoms with Gasteiger partial charge in [0.2, 0.25) is 0 Å². The molecule has 6 rings (SSSR count). The van der Waals surface area contributed by atoms with Crippen molar-refractivity contribution >= 4 is 8.07 Å². The molecule has 0 saturated heterocycles. The van der Waals surface area contributed by atoms with E-state index in [2.05, 4.69) is 110 Å². The minimum atomic E-state index is -1.84. The summed E-state index contributed by atoms with van der Waals surface area (Å²) in [5, 5.41) is 0. The molecule has 2 aliphatic rings. The molecular weight excluding hydrogens is 364 g/mol. The largest absolute Gasteiger partial charge is 0.0731 e. The molecule has 0 fully saturated rings. The summed E-state index contributed by atoms with van der Waals surface area (Å²) in [6, 6.07) is 36.4. The summed E-state index contributed by atoms with van der Waals surface area (Å²) < 4.78 is 0. The number of hydrogen-bond acceptors (Lipinski definition) is 0. The van der Waals surface area contributed by atoms with Gasteiger partial charge in [0.25, 0.3) is 0 Å². The summed E-state index contributed by atoms with van der Waals surface area (Å²) in [4.78, 5) is 0. The van der Waals surface area contributed by atoms with Crippen LogP contribution in [0.1, 0.15) is 33.3 Å². The fourth-order valence-electron chi connectivity index (χ4n) is 6.08. The standard InChI is InChI=1S/C28H24Si/c1-29(2,27-23-15-7-3-11-19(23)20-12-4-8-16-24(20)27)28-25-17-9-5-13-21(25)22-14-6-10-18-26(22)28/h3-18,27-28H,1-2H3. The smallest absolute Gasteiger partial charge is 0.0679 e. The molecule has 4 aromatic rings. The highest BCUT2D eigenvalue weighted by molar-refractivity contribution is 6.82. The molecule has 0 aromatic heterocycles. The molecule has 0 spiro atoms. The van der Waals surface area contributed by atoms with E-state index in [0.29, 0.717) is 11.1 Å². The summed E-state index contributed by atoms with van der Waals surface area (Å²) in [6.07, 6.45) is 0. The van der Waals surface area contributed by atoms with E-state index in [-0.39, 0.29) is 0 Å². The predicted molar refractivity (Wildman–Crippen MR) is 125 cm³/mol. The Morgan fingerprint density at radius 3 is 0.931 bits per heavy atom. The number of fused-ring (bicyclic) bond motifs is 6. The van der Waals surface area contributed by atoms with Gasteiger partial charge in [0, 0.05) is 11.1 Å². The Kier molecular flexibility index (Phi) is 3.54. The molecule has 0 nitrogen and oxygen atoms in total. The van der Waals surface area contributed by atoms with Crippen molar-refractivity contribution < 1.29 is 0 Å². The molecule has 0 bridgehead atoms. The van der Waals surface area contributed by atoms with Crippen LogP contribution in [0.5, 0.6) is 0 Å². The zero-order valence-corrected chi connectivity index (χ0v) is 17.9. The lowest BCUT2D eigenvalue weighted by molar-refractivity contribution is 1.01. The van der Waals surface area contributed by atoms with Gasteiger partial charge >= 0.3 is 0 Å². The van der Waals surface area contributed by atoms with Crippen molar-refractivity contribution in [3.63, 3.8) is 0 Å². The highest BCUT2D eigenvalue weighted by atomic mass is 28.3. The lowest BCUT2D eigenvalue weighted by Gasteiger charge is -2.38. The normalized spacial score (nSPS) is 15.0. The summed E-state index contributed by atoms with van der Waals surface area (Å²) >= 11 is 0. The highest BCUT2D eigenvalue weighted by Crippen LogP contribution is 2.57. The first-order chi connectivity index (χ1) is 14.2. The van der Waals surface area contributed by atoms with Gasteiger partial charge in [-0.1, -0.05) is 110 Å². The molecule has 0 atom stereocenters. The summed E-state index contributed by atoms with van der Waals surface area (Å²) in [6.45, 7) is 5.22. The fraction of sp³-hybridized carbons (Fsp3) is 0.143. The minimum absolute atomic E-state index is 0.513. The van der Waals surface area contributed by atoms with E-state index in [0.717, 1.165) is 0 Å². The third kappa shape index (κ3) is 2.25. The Bertz CT molecular complexity index is 1060. The zero-order valence-electron chi connectivity index (χ0n) is 16.9. The van der Waals surface area contributed by atoms with E-state index < -0.39 is 8.07 Å². The second kappa shape index (κ2) is 6.05. The lowest BCUT2D eigenvalue weighted by Crippen LogP contribution is -2.42. The van der Waals surface area contributed by atoms with Crippen molar-refractivity contribution in [1.82, 2.24) is 0 Å². The van der Waals surface area contributed by atoms with Crippen LogP contribution in [0.25, 0.3) is 22.3 Å².